The summed E-state index contributed by atoms with van der Waals surface area (Å²) >= 11 is 0. The summed E-state index contributed by atoms with van der Waals surface area (Å²) in [6.45, 7) is 4.03. The molecule has 1 atom stereocenters. The molecule has 6 nitrogen and oxygen atoms in total. The second-order valence-corrected chi connectivity index (χ2v) is 9.05. The number of nitrogens with one attached hydrogen (secondary N) is 1. The Morgan fingerprint density at radius 3 is 2.65 bits per heavy atom. The molecule has 178 valence electrons. The van der Waals surface area contributed by atoms with Gasteiger partial charge in [0.15, 0.2) is 5.82 Å². The van der Waals surface area contributed by atoms with Crippen molar-refractivity contribution in [3.05, 3.63) is 53.6 Å². The van der Waals surface area contributed by atoms with Gasteiger partial charge in [0.25, 0.3) is 6.43 Å². The van der Waals surface area contributed by atoms with Crippen LogP contribution in [0.4, 0.5) is 14.6 Å². The van der Waals surface area contributed by atoms with Crippen molar-refractivity contribution in [1.82, 2.24) is 15.3 Å². The molecular weight excluding hydrogens is 438 g/mol. The number of anilines is 1. The van der Waals surface area contributed by atoms with Gasteiger partial charge >= 0.3 is 0 Å². The van der Waals surface area contributed by atoms with Crippen molar-refractivity contribution in [3.63, 3.8) is 0 Å². The van der Waals surface area contributed by atoms with E-state index in [1.807, 2.05) is 25.1 Å². The molecule has 8 heteroatoms. The molecule has 0 radical (unpaired) electrons. The van der Waals surface area contributed by atoms with Gasteiger partial charge in [-0.1, -0.05) is 30.3 Å². The highest BCUT2D eigenvalue weighted by Crippen LogP contribution is 2.34. The van der Waals surface area contributed by atoms with Gasteiger partial charge < -0.3 is 15.0 Å². The van der Waals surface area contributed by atoms with E-state index in [2.05, 4.69) is 15.2 Å². The summed E-state index contributed by atoms with van der Waals surface area (Å²) in [5.41, 5.74) is 2.05. The number of carbonyl (C=O) groups is 1. The van der Waals surface area contributed by atoms with Crippen LogP contribution in [-0.4, -0.2) is 47.7 Å². The third-order valence-electron chi connectivity index (χ3n) is 6.63. The lowest BCUT2D eigenvalue weighted by Gasteiger charge is -2.34. The number of fused-ring (bicyclic) bond motifs is 1. The zero-order chi connectivity index (χ0) is 23.7. The van der Waals surface area contributed by atoms with Crippen molar-refractivity contribution in [2.75, 3.05) is 24.6 Å². The fourth-order valence-corrected chi connectivity index (χ4v) is 4.79. The number of carbonyl (C=O) groups excluding carboxylic acids is 1. The molecule has 1 N–H and O–H groups in total. The van der Waals surface area contributed by atoms with Crippen LogP contribution in [0, 0.1) is 6.92 Å². The Bertz CT molecular complexity index is 1190. The van der Waals surface area contributed by atoms with E-state index in [1.54, 1.807) is 18.2 Å². The first kappa shape index (κ1) is 22.7. The van der Waals surface area contributed by atoms with Gasteiger partial charge in [-0.25, -0.2) is 18.7 Å². The molecule has 3 aromatic rings. The number of ether oxygens (including phenoxy) is 1. The van der Waals surface area contributed by atoms with Crippen molar-refractivity contribution in [2.45, 2.75) is 51.2 Å². The number of benzene rings is 2. The number of halogens is 2. The molecule has 2 fully saturated rings. The fraction of sp³-hybridized carbons (Fsp3) is 0.423. The lowest BCUT2D eigenvalue weighted by Crippen LogP contribution is -2.47. The number of rotatable bonds is 5. The van der Waals surface area contributed by atoms with Crippen LogP contribution in [-0.2, 0) is 9.53 Å². The number of aromatic nitrogens is 2. The Labute approximate surface area is 197 Å². The smallest absolute Gasteiger partial charge is 0.264 e. The number of alkyl halides is 2. The summed E-state index contributed by atoms with van der Waals surface area (Å²) in [5, 5.41) is 4.02. The number of amides is 1. The van der Waals surface area contributed by atoms with Gasteiger partial charge in [-0.05, 0) is 50.3 Å². The van der Waals surface area contributed by atoms with Crippen LogP contribution >= 0.6 is 0 Å². The van der Waals surface area contributed by atoms with E-state index in [0.29, 0.717) is 31.1 Å². The fourth-order valence-electron chi connectivity index (χ4n) is 4.79. The molecule has 1 aromatic heterocycles. The van der Waals surface area contributed by atoms with Crippen LogP contribution in [0.2, 0.25) is 0 Å². The molecule has 5 rings (SSSR count). The number of hydrogen-bond donors (Lipinski definition) is 1. The van der Waals surface area contributed by atoms with Crippen LogP contribution in [0.15, 0.2) is 42.5 Å². The second kappa shape index (κ2) is 9.62. The van der Waals surface area contributed by atoms with Crippen molar-refractivity contribution < 1.29 is 18.3 Å². The largest absolute Gasteiger partial charge is 0.368 e. The van der Waals surface area contributed by atoms with Crippen molar-refractivity contribution in [3.8, 4) is 11.4 Å². The van der Waals surface area contributed by atoms with Crippen molar-refractivity contribution >= 4 is 22.6 Å². The van der Waals surface area contributed by atoms with E-state index < -0.39 is 6.43 Å². The molecule has 1 amide bonds. The molecule has 3 heterocycles. The van der Waals surface area contributed by atoms with Gasteiger partial charge in [-0.15, -0.1) is 0 Å². The summed E-state index contributed by atoms with van der Waals surface area (Å²) in [6, 6.07) is 12.5. The first-order chi connectivity index (χ1) is 16.5. The normalized spacial score (nSPS) is 19.2. The topological polar surface area (TPSA) is 67.4 Å². The highest BCUT2D eigenvalue weighted by Gasteiger charge is 2.28. The number of aryl methyl sites for hydroxylation is 1. The Hall–Kier alpha value is -3.13. The van der Waals surface area contributed by atoms with Gasteiger partial charge in [0.2, 0.25) is 5.91 Å². The first-order valence-electron chi connectivity index (χ1n) is 11.8. The molecule has 2 aliphatic rings. The maximum Gasteiger partial charge on any atom is 0.264 e. The Morgan fingerprint density at radius 1 is 1.12 bits per heavy atom. The van der Waals surface area contributed by atoms with Gasteiger partial charge in [0.05, 0.1) is 5.52 Å². The predicted octanol–water partition coefficient (Wildman–Crippen LogP) is 4.81. The maximum absolute atomic E-state index is 13.7. The molecule has 2 aliphatic heterocycles. The van der Waals surface area contributed by atoms with E-state index in [4.69, 9.17) is 9.72 Å². The highest BCUT2D eigenvalue weighted by atomic mass is 19.3. The Morgan fingerprint density at radius 2 is 1.91 bits per heavy atom. The van der Waals surface area contributed by atoms with Gasteiger partial charge in [-0.3, -0.25) is 4.79 Å². The van der Waals surface area contributed by atoms with E-state index in [-0.39, 0.29) is 23.6 Å². The highest BCUT2D eigenvalue weighted by molar-refractivity contribution is 5.91. The number of piperidine rings is 1. The monoisotopic (exact) mass is 466 g/mol. The van der Waals surface area contributed by atoms with Crippen molar-refractivity contribution in [2.24, 2.45) is 0 Å². The summed E-state index contributed by atoms with van der Waals surface area (Å²) in [7, 11) is 0. The standard InChI is InChI=1S/C26H28F2N4O2/c1-16-8-9-20-21(15-16)30-24(19-6-3-2-5-18(19)23(27)28)31-25(20)32-12-10-17(11-13-32)29-26(33)22-7-4-14-34-22/h2-3,5-6,8-9,15,17,22-23H,4,7,10-14H2,1H3,(H,29,33). The van der Waals surface area contributed by atoms with Crippen LogP contribution in [0.3, 0.4) is 0 Å². The maximum atomic E-state index is 13.7. The molecule has 0 saturated carbocycles. The summed E-state index contributed by atoms with van der Waals surface area (Å²) < 4.78 is 32.9. The molecule has 0 bridgehead atoms. The molecule has 1 unspecified atom stereocenters. The van der Waals surface area contributed by atoms with Gasteiger partial charge in [0, 0.05) is 42.3 Å². The lowest BCUT2D eigenvalue weighted by molar-refractivity contribution is -0.130. The first-order valence-corrected chi connectivity index (χ1v) is 11.8. The molecule has 0 spiro atoms. The van der Waals surface area contributed by atoms with E-state index in [9.17, 15) is 13.6 Å². The van der Waals surface area contributed by atoms with E-state index in [1.165, 1.54) is 6.07 Å². The molecule has 34 heavy (non-hydrogen) atoms. The molecule has 0 aliphatic carbocycles. The molecule has 2 saturated heterocycles. The third-order valence-corrected chi connectivity index (χ3v) is 6.63. The van der Waals surface area contributed by atoms with Gasteiger partial charge in [-0.2, -0.15) is 0 Å². The minimum absolute atomic E-state index is 0.0233. The average Bonchev–Trinajstić information content (AvgIpc) is 3.39. The summed E-state index contributed by atoms with van der Waals surface area (Å²) in [6.07, 6.45) is 0.315. The van der Waals surface area contributed by atoms with Gasteiger partial charge in [0.1, 0.15) is 11.9 Å². The molecular formula is C26H28F2N4O2. The van der Waals surface area contributed by atoms with Crippen LogP contribution in [0.25, 0.3) is 22.3 Å². The minimum Gasteiger partial charge on any atom is -0.368 e. The quantitative estimate of drug-likeness (QED) is 0.585. The van der Waals surface area contributed by atoms with E-state index >= 15 is 0 Å². The SMILES string of the molecule is Cc1ccc2c(N3CCC(NC(=O)C4CCCO4)CC3)nc(-c3ccccc3C(F)F)nc2c1. The average molecular weight is 467 g/mol. The number of hydrogen-bond acceptors (Lipinski definition) is 5. The third kappa shape index (κ3) is 4.59. The molecule has 2 aromatic carbocycles. The van der Waals surface area contributed by atoms with Crippen molar-refractivity contribution in [1.29, 1.82) is 0 Å². The number of nitrogens with zero attached hydrogens (tertiary/aromatic N) is 3. The summed E-state index contributed by atoms with van der Waals surface area (Å²) in [5.74, 6) is 1.02. The Balaban J connectivity index is 1.42. The predicted molar refractivity (Wildman–Crippen MR) is 127 cm³/mol. The zero-order valence-corrected chi connectivity index (χ0v) is 19.1. The summed E-state index contributed by atoms with van der Waals surface area (Å²) in [4.78, 5) is 24.0. The van der Waals surface area contributed by atoms with Crippen LogP contribution in [0.1, 0.15) is 43.2 Å². The second-order valence-electron chi connectivity index (χ2n) is 9.05. The van der Waals surface area contributed by atoms with Crippen LogP contribution < -0.4 is 10.2 Å². The lowest BCUT2D eigenvalue weighted by atomic mass is 10.0. The van der Waals surface area contributed by atoms with Crippen LogP contribution in [0.5, 0.6) is 0 Å². The minimum atomic E-state index is -2.61. The zero-order valence-electron chi connectivity index (χ0n) is 19.1. The van der Waals surface area contributed by atoms with E-state index in [0.717, 1.165) is 48.0 Å². The Kier molecular flexibility index (Phi) is 6.41.